The van der Waals surface area contributed by atoms with Gasteiger partial charge in [-0.1, -0.05) is 18.2 Å². The fraction of sp³-hybridized carbons (Fsp3) is 0.278. The Morgan fingerprint density at radius 2 is 1.70 bits per heavy atom. The summed E-state index contributed by atoms with van der Waals surface area (Å²) in [6.45, 7) is 4.33. The SMILES string of the molecule is CN1CCN(c2ccccc2C=NNc2ccc(I)cc2)CC1. The Balaban J connectivity index is 1.70. The summed E-state index contributed by atoms with van der Waals surface area (Å²) in [6, 6.07) is 16.7. The predicted molar refractivity (Wildman–Crippen MR) is 107 cm³/mol. The summed E-state index contributed by atoms with van der Waals surface area (Å²) in [6.07, 6.45) is 1.91. The summed E-state index contributed by atoms with van der Waals surface area (Å²) >= 11 is 2.30. The van der Waals surface area contributed by atoms with Crippen molar-refractivity contribution >= 4 is 40.2 Å². The molecule has 1 heterocycles. The van der Waals surface area contributed by atoms with E-state index < -0.39 is 0 Å². The molecule has 1 fully saturated rings. The van der Waals surface area contributed by atoms with Crippen molar-refractivity contribution in [3.8, 4) is 0 Å². The highest BCUT2D eigenvalue weighted by Gasteiger charge is 2.15. The molecule has 4 nitrogen and oxygen atoms in total. The van der Waals surface area contributed by atoms with Gasteiger partial charge in [-0.05, 0) is 60.0 Å². The van der Waals surface area contributed by atoms with Gasteiger partial charge in [0.25, 0.3) is 0 Å². The van der Waals surface area contributed by atoms with E-state index in [0.29, 0.717) is 0 Å². The van der Waals surface area contributed by atoms with Crippen LogP contribution in [0.3, 0.4) is 0 Å². The lowest BCUT2D eigenvalue weighted by atomic mass is 10.1. The molecule has 120 valence electrons. The minimum absolute atomic E-state index is 0.999. The van der Waals surface area contributed by atoms with Gasteiger partial charge in [0, 0.05) is 41.0 Å². The number of nitrogens with one attached hydrogen (secondary N) is 1. The predicted octanol–water partition coefficient (Wildman–Crippen LogP) is 3.49. The number of halogens is 1. The highest BCUT2D eigenvalue weighted by atomic mass is 127. The van der Waals surface area contributed by atoms with Gasteiger partial charge in [-0.15, -0.1) is 0 Å². The highest BCUT2D eigenvalue weighted by Crippen LogP contribution is 2.20. The van der Waals surface area contributed by atoms with Crippen molar-refractivity contribution in [3.63, 3.8) is 0 Å². The van der Waals surface area contributed by atoms with E-state index >= 15 is 0 Å². The van der Waals surface area contributed by atoms with E-state index in [0.717, 1.165) is 37.4 Å². The first kappa shape index (κ1) is 16.3. The third kappa shape index (κ3) is 4.45. The standard InChI is InChI=1S/C18H21IN4/c1-22-10-12-23(13-11-22)18-5-3-2-4-15(18)14-20-21-17-8-6-16(19)7-9-17/h2-9,14,21H,10-13H2,1H3. The number of rotatable bonds is 4. The molecule has 0 atom stereocenters. The lowest BCUT2D eigenvalue weighted by Crippen LogP contribution is -2.44. The number of hydrogen-bond donors (Lipinski definition) is 1. The fourth-order valence-corrected chi connectivity index (χ4v) is 2.99. The van der Waals surface area contributed by atoms with Crippen LogP contribution in [0.4, 0.5) is 11.4 Å². The largest absolute Gasteiger partial charge is 0.368 e. The Morgan fingerprint density at radius 3 is 2.43 bits per heavy atom. The number of hydrogen-bond acceptors (Lipinski definition) is 4. The van der Waals surface area contributed by atoms with E-state index in [1.165, 1.54) is 9.26 Å². The number of hydrazone groups is 1. The van der Waals surface area contributed by atoms with Gasteiger partial charge < -0.3 is 9.80 Å². The zero-order valence-corrected chi connectivity index (χ0v) is 15.4. The molecule has 0 spiro atoms. The zero-order valence-electron chi connectivity index (χ0n) is 13.2. The molecule has 1 aliphatic rings. The second kappa shape index (κ2) is 7.79. The summed E-state index contributed by atoms with van der Waals surface area (Å²) in [4.78, 5) is 4.80. The maximum Gasteiger partial charge on any atom is 0.0565 e. The van der Waals surface area contributed by atoms with E-state index in [-0.39, 0.29) is 0 Å². The zero-order chi connectivity index (χ0) is 16.1. The Hall–Kier alpha value is -1.60. The number of para-hydroxylation sites is 1. The van der Waals surface area contributed by atoms with Gasteiger partial charge in [0.05, 0.1) is 11.9 Å². The van der Waals surface area contributed by atoms with Crippen molar-refractivity contribution in [2.75, 3.05) is 43.6 Å². The van der Waals surface area contributed by atoms with Crippen molar-refractivity contribution in [2.45, 2.75) is 0 Å². The summed E-state index contributed by atoms with van der Waals surface area (Å²) in [7, 11) is 2.18. The van der Waals surface area contributed by atoms with Crippen LogP contribution in [0, 0.1) is 3.57 Å². The number of piperazine rings is 1. The van der Waals surface area contributed by atoms with Crippen molar-refractivity contribution in [1.82, 2.24) is 4.90 Å². The van der Waals surface area contributed by atoms with Gasteiger partial charge in [-0.25, -0.2) is 0 Å². The van der Waals surface area contributed by atoms with Gasteiger partial charge in [-0.2, -0.15) is 5.10 Å². The normalized spacial score (nSPS) is 16.0. The molecule has 1 N–H and O–H groups in total. The molecular formula is C18H21IN4. The van der Waals surface area contributed by atoms with E-state index in [9.17, 15) is 0 Å². The van der Waals surface area contributed by atoms with E-state index in [1.807, 2.05) is 18.3 Å². The second-order valence-electron chi connectivity index (χ2n) is 5.73. The van der Waals surface area contributed by atoms with Gasteiger partial charge in [0.1, 0.15) is 0 Å². The topological polar surface area (TPSA) is 30.9 Å². The van der Waals surface area contributed by atoms with Crippen LogP contribution in [0.15, 0.2) is 53.6 Å². The summed E-state index contributed by atoms with van der Waals surface area (Å²) in [5, 5.41) is 4.40. The fourth-order valence-electron chi connectivity index (χ4n) is 2.63. The average molecular weight is 420 g/mol. The first-order valence-electron chi connectivity index (χ1n) is 7.79. The van der Waals surface area contributed by atoms with Gasteiger partial charge in [-0.3, -0.25) is 5.43 Å². The van der Waals surface area contributed by atoms with Crippen LogP contribution in [0.2, 0.25) is 0 Å². The van der Waals surface area contributed by atoms with Crippen LogP contribution in [-0.4, -0.2) is 44.3 Å². The third-order valence-electron chi connectivity index (χ3n) is 4.02. The van der Waals surface area contributed by atoms with Gasteiger partial charge in [0.2, 0.25) is 0 Å². The molecule has 5 heteroatoms. The molecule has 0 bridgehead atoms. The highest BCUT2D eigenvalue weighted by molar-refractivity contribution is 14.1. The molecule has 1 aliphatic heterocycles. The average Bonchev–Trinajstić information content (AvgIpc) is 2.58. The minimum atomic E-state index is 0.999. The third-order valence-corrected chi connectivity index (χ3v) is 4.74. The monoisotopic (exact) mass is 420 g/mol. The first-order chi connectivity index (χ1) is 11.2. The quantitative estimate of drug-likeness (QED) is 0.467. The molecule has 23 heavy (non-hydrogen) atoms. The molecule has 0 unspecified atom stereocenters. The smallest absolute Gasteiger partial charge is 0.0565 e. The first-order valence-corrected chi connectivity index (χ1v) is 8.87. The van der Waals surface area contributed by atoms with Crippen LogP contribution in [0.25, 0.3) is 0 Å². The molecule has 0 aliphatic carbocycles. The summed E-state index contributed by atoms with van der Waals surface area (Å²) < 4.78 is 1.22. The molecule has 0 amide bonds. The maximum atomic E-state index is 4.40. The van der Waals surface area contributed by atoms with Gasteiger partial charge >= 0.3 is 0 Å². The van der Waals surface area contributed by atoms with Gasteiger partial charge in [0.15, 0.2) is 0 Å². The van der Waals surface area contributed by atoms with Crippen molar-refractivity contribution < 1.29 is 0 Å². The van der Waals surface area contributed by atoms with Crippen LogP contribution < -0.4 is 10.3 Å². The summed E-state index contributed by atoms with van der Waals surface area (Å²) in [5.41, 5.74) is 6.50. The second-order valence-corrected chi connectivity index (χ2v) is 6.97. The molecule has 2 aromatic carbocycles. The Bertz CT molecular complexity index is 661. The maximum absolute atomic E-state index is 4.40. The van der Waals surface area contributed by atoms with Crippen LogP contribution >= 0.6 is 22.6 Å². The molecule has 1 saturated heterocycles. The molecule has 2 aromatic rings. The van der Waals surface area contributed by atoms with Crippen LogP contribution in [-0.2, 0) is 0 Å². The molecule has 0 saturated carbocycles. The lowest BCUT2D eigenvalue weighted by Gasteiger charge is -2.34. The molecule has 3 rings (SSSR count). The Labute approximate surface area is 151 Å². The Kier molecular flexibility index (Phi) is 5.51. The van der Waals surface area contributed by atoms with E-state index in [4.69, 9.17) is 0 Å². The number of anilines is 2. The van der Waals surface area contributed by atoms with Crippen molar-refractivity contribution in [2.24, 2.45) is 5.10 Å². The molecular weight excluding hydrogens is 399 g/mol. The number of nitrogens with zero attached hydrogens (tertiary/aromatic N) is 3. The molecule has 0 radical (unpaired) electrons. The van der Waals surface area contributed by atoms with E-state index in [1.54, 1.807) is 0 Å². The van der Waals surface area contributed by atoms with Crippen molar-refractivity contribution in [1.29, 1.82) is 0 Å². The Morgan fingerprint density at radius 1 is 1.00 bits per heavy atom. The number of benzene rings is 2. The minimum Gasteiger partial charge on any atom is -0.368 e. The van der Waals surface area contributed by atoms with Crippen LogP contribution in [0.1, 0.15) is 5.56 Å². The van der Waals surface area contributed by atoms with Crippen molar-refractivity contribution in [3.05, 3.63) is 57.7 Å². The number of likely N-dealkylation sites (N-methyl/N-ethyl adjacent to an activating group) is 1. The summed E-state index contributed by atoms with van der Waals surface area (Å²) in [5.74, 6) is 0. The lowest BCUT2D eigenvalue weighted by molar-refractivity contribution is 0.313. The van der Waals surface area contributed by atoms with Crippen LogP contribution in [0.5, 0.6) is 0 Å². The molecule has 0 aromatic heterocycles. The van der Waals surface area contributed by atoms with E-state index in [2.05, 4.69) is 86.4 Å².